The van der Waals surface area contributed by atoms with Gasteiger partial charge in [0, 0.05) is 87.6 Å². The minimum atomic E-state index is -0.886. The van der Waals surface area contributed by atoms with E-state index in [4.69, 9.17) is 23.9 Å². The number of piperazine rings is 1. The number of fused-ring (bicyclic) bond motifs is 1. The number of hydrogen-bond acceptors (Lipinski definition) is 12. The molecular weight excluding hydrogens is 969 g/mol. The molecule has 0 radical (unpaired) electrons. The summed E-state index contributed by atoms with van der Waals surface area (Å²) in [5, 5.41) is 7.72. The number of anilines is 1. The van der Waals surface area contributed by atoms with Gasteiger partial charge in [0.25, 0.3) is 5.91 Å². The van der Waals surface area contributed by atoms with Gasteiger partial charge in [0.2, 0.25) is 5.91 Å². The Morgan fingerprint density at radius 2 is 1.64 bits per heavy atom. The van der Waals surface area contributed by atoms with Crippen molar-refractivity contribution >= 4 is 34.4 Å². The molecule has 1 saturated carbocycles. The van der Waals surface area contributed by atoms with Crippen LogP contribution in [0.5, 0.6) is 5.75 Å². The lowest BCUT2D eigenvalue weighted by atomic mass is 9.84. The number of methoxy groups -OCH3 is 1. The topological polar surface area (TPSA) is 161 Å². The van der Waals surface area contributed by atoms with Gasteiger partial charge in [0.1, 0.15) is 11.8 Å². The highest BCUT2D eigenvalue weighted by Crippen LogP contribution is 2.43. The van der Waals surface area contributed by atoms with Crippen molar-refractivity contribution in [3.63, 3.8) is 0 Å². The molecular formula is C62H94N8O7. The summed E-state index contributed by atoms with van der Waals surface area (Å²) in [6, 6.07) is 15.0. The SMILES string of the molecule is CCCCCCNNC(=O)C(Cc1cc(OCC)cc(-c2ccc3c(c2)c(CC(C)(C)COC(C)=O)c(-c2cc(N4CCN(C5CC5)CC4)cnc2C(C)OC)n3CC)c1)NC(=O)[C@@H](COC(C)C1CCNCC1)C(C)C. The second-order valence-electron chi connectivity index (χ2n) is 23.2. The van der Waals surface area contributed by atoms with Crippen molar-refractivity contribution in [2.45, 2.75) is 164 Å². The number of aryl methyl sites for hydroxylation is 1. The van der Waals surface area contributed by atoms with Crippen LogP contribution in [0.3, 0.4) is 0 Å². The molecule has 4 heterocycles. The van der Waals surface area contributed by atoms with Gasteiger partial charge in [-0.3, -0.25) is 29.7 Å². The van der Waals surface area contributed by atoms with Gasteiger partial charge in [-0.05, 0) is 144 Å². The van der Waals surface area contributed by atoms with Crippen molar-refractivity contribution in [2.24, 2.45) is 23.2 Å². The molecule has 7 rings (SSSR count). The van der Waals surface area contributed by atoms with Gasteiger partial charge in [-0.2, -0.15) is 0 Å². The number of rotatable bonds is 29. The lowest BCUT2D eigenvalue weighted by Crippen LogP contribution is -2.54. The Morgan fingerprint density at radius 1 is 0.883 bits per heavy atom. The van der Waals surface area contributed by atoms with Crippen LogP contribution in [0.15, 0.2) is 48.7 Å². The molecule has 2 aromatic carbocycles. The number of nitrogens with one attached hydrogen (secondary N) is 4. The molecule has 4 N–H and O–H groups in total. The first-order valence-electron chi connectivity index (χ1n) is 29.3. The number of esters is 1. The highest BCUT2D eigenvalue weighted by molar-refractivity contribution is 5.96. The molecule has 4 atom stereocenters. The van der Waals surface area contributed by atoms with E-state index in [0.29, 0.717) is 37.8 Å². The molecule has 0 bridgehead atoms. The van der Waals surface area contributed by atoms with Crippen molar-refractivity contribution in [1.82, 2.24) is 35.9 Å². The van der Waals surface area contributed by atoms with Crippen LogP contribution < -0.4 is 31.1 Å². The van der Waals surface area contributed by atoms with Gasteiger partial charge >= 0.3 is 5.97 Å². The van der Waals surface area contributed by atoms with E-state index >= 15 is 0 Å². The number of benzene rings is 2. The second kappa shape index (κ2) is 28.2. The molecule has 3 fully saturated rings. The molecule has 3 aliphatic rings. The number of hydrogen-bond donors (Lipinski definition) is 4. The fraction of sp³-hybridized carbons (Fsp3) is 0.645. The number of pyridine rings is 1. The molecule has 4 aromatic rings. The Bertz CT molecular complexity index is 2560. The summed E-state index contributed by atoms with van der Waals surface area (Å²) in [5.74, 6) is -0.156. The Hall–Kier alpha value is -5.06. The fourth-order valence-electron chi connectivity index (χ4n) is 11.4. The van der Waals surface area contributed by atoms with Gasteiger partial charge in [-0.25, -0.2) is 5.43 Å². The van der Waals surface area contributed by atoms with E-state index in [1.54, 1.807) is 7.11 Å². The lowest BCUT2D eigenvalue weighted by molar-refractivity contribution is -0.144. The number of aromatic nitrogens is 2. The summed E-state index contributed by atoms with van der Waals surface area (Å²) in [5.41, 5.74) is 14.7. The maximum atomic E-state index is 14.4. The number of amides is 2. The Balaban J connectivity index is 1.27. The quantitative estimate of drug-likeness (QED) is 0.0232. The Kier molecular flexibility index (Phi) is 21.8. The zero-order valence-corrected chi connectivity index (χ0v) is 48.7. The van der Waals surface area contributed by atoms with E-state index in [2.05, 4.69) is 114 Å². The molecule has 2 amide bonds. The zero-order valence-electron chi connectivity index (χ0n) is 48.7. The standard InChI is InChI=1S/C62H94N8O7/c1-12-15-16-17-24-65-67-61(73)56(66-60(72)55(41(4)5)39-76-42(6)46-22-25-63-26-23-46)33-45-31-48(34-51(32-45)75-14-3)47-18-21-57-52(35-47)54(37-62(9,10)40-77-44(8)71)59(70(57)13-2)53-36-50(38-64-58(53)43(7)74-11)69-29-27-68(28-30-69)49-19-20-49/h18,21,31-32,34-36,38,41-43,46,49,55-56,63,65H,12-17,19-20,22-30,33,37,39-40H2,1-11H3,(H,66,72)(H,67,73)/t42?,43?,55-,56?/m0/s1. The smallest absolute Gasteiger partial charge is 0.302 e. The average Bonchev–Trinajstić information content (AvgIpc) is 4.28. The van der Waals surface area contributed by atoms with Gasteiger partial charge in [0.15, 0.2) is 0 Å². The maximum Gasteiger partial charge on any atom is 0.302 e. The van der Waals surface area contributed by atoms with E-state index in [9.17, 15) is 14.4 Å². The maximum absolute atomic E-state index is 14.4. The lowest BCUT2D eigenvalue weighted by Gasteiger charge is -2.36. The molecule has 77 heavy (non-hydrogen) atoms. The largest absolute Gasteiger partial charge is 0.494 e. The average molecular weight is 1060 g/mol. The number of nitrogens with zero attached hydrogens (tertiary/aromatic N) is 4. The summed E-state index contributed by atoms with van der Waals surface area (Å²) >= 11 is 0. The fourth-order valence-corrected chi connectivity index (χ4v) is 11.4. The van der Waals surface area contributed by atoms with Crippen LogP contribution in [0.25, 0.3) is 33.3 Å². The third kappa shape index (κ3) is 16.0. The number of ether oxygens (including phenoxy) is 4. The summed E-state index contributed by atoms with van der Waals surface area (Å²) in [6.07, 6.45) is 11.6. The monoisotopic (exact) mass is 1060 g/mol. The molecule has 15 heteroatoms. The van der Waals surface area contributed by atoms with Gasteiger partial charge in [-0.1, -0.05) is 66.0 Å². The van der Waals surface area contributed by atoms with Crippen molar-refractivity contribution in [3.05, 3.63) is 65.5 Å². The third-order valence-electron chi connectivity index (χ3n) is 16.2. The summed E-state index contributed by atoms with van der Waals surface area (Å²) in [4.78, 5) is 51.3. The van der Waals surface area contributed by atoms with Crippen LogP contribution in [0, 0.1) is 23.2 Å². The number of piperidine rings is 1. The van der Waals surface area contributed by atoms with Crippen molar-refractivity contribution in [1.29, 1.82) is 0 Å². The van der Waals surface area contributed by atoms with Crippen LogP contribution in [0.4, 0.5) is 5.69 Å². The number of carbonyl (C=O) groups excluding carboxylic acids is 3. The number of hydrazine groups is 1. The second-order valence-corrected chi connectivity index (χ2v) is 23.2. The van der Waals surface area contributed by atoms with Gasteiger partial charge < -0.3 is 39.0 Å². The summed E-state index contributed by atoms with van der Waals surface area (Å²) < 4.78 is 26.9. The van der Waals surface area contributed by atoms with E-state index in [-0.39, 0.29) is 55.5 Å². The van der Waals surface area contributed by atoms with Crippen LogP contribution in [0.1, 0.15) is 144 Å². The van der Waals surface area contributed by atoms with Crippen molar-refractivity contribution in [2.75, 3.05) is 77.6 Å². The van der Waals surface area contributed by atoms with E-state index in [1.807, 2.05) is 33.0 Å². The van der Waals surface area contributed by atoms with Crippen LogP contribution in [-0.2, 0) is 48.0 Å². The number of carbonyl (C=O) groups is 3. The molecule has 2 aromatic heterocycles. The predicted molar refractivity (Wildman–Crippen MR) is 309 cm³/mol. The van der Waals surface area contributed by atoms with Gasteiger partial charge in [0.05, 0.1) is 61.2 Å². The molecule has 0 spiro atoms. The Morgan fingerprint density at radius 3 is 2.30 bits per heavy atom. The molecule has 2 aliphatic heterocycles. The molecule has 2 saturated heterocycles. The zero-order chi connectivity index (χ0) is 55.2. The van der Waals surface area contributed by atoms with Crippen LogP contribution >= 0.6 is 0 Å². The molecule has 1 aliphatic carbocycles. The Labute approximate surface area is 460 Å². The van der Waals surface area contributed by atoms with Crippen LogP contribution in [0.2, 0.25) is 0 Å². The van der Waals surface area contributed by atoms with E-state index in [1.165, 1.54) is 19.8 Å². The minimum absolute atomic E-state index is 0.0124. The number of unbranched alkanes of at least 4 members (excludes halogenated alkanes) is 3. The highest BCUT2D eigenvalue weighted by Gasteiger charge is 2.34. The summed E-state index contributed by atoms with van der Waals surface area (Å²) in [6.45, 7) is 28.6. The first kappa shape index (κ1) is 59.6. The normalized spacial score (nSPS) is 17.3. The third-order valence-corrected chi connectivity index (χ3v) is 16.2. The summed E-state index contributed by atoms with van der Waals surface area (Å²) in [7, 11) is 1.74. The molecule has 424 valence electrons. The van der Waals surface area contributed by atoms with Crippen molar-refractivity contribution in [3.8, 4) is 28.1 Å². The molecule has 15 nitrogen and oxygen atoms in total. The highest BCUT2D eigenvalue weighted by atomic mass is 16.5. The predicted octanol–water partition coefficient (Wildman–Crippen LogP) is 9.82. The molecule has 3 unspecified atom stereocenters. The first-order valence-corrected chi connectivity index (χ1v) is 29.3. The van der Waals surface area contributed by atoms with Crippen molar-refractivity contribution < 1.29 is 33.3 Å². The minimum Gasteiger partial charge on any atom is -0.494 e. The van der Waals surface area contributed by atoms with Crippen LogP contribution in [-0.4, -0.2) is 123 Å². The van der Waals surface area contributed by atoms with E-state index < -0.39 is 17.4 Å². The van der Waals surface area contributed by atoms with E-state index in [0.717, 1.165) is 140 Å². The van der Waals surface area contributed by atoms with Gasteiger partial charge in [-0.15, -0.1) is 0 Å². The first-order chi connectivity index (χ1) is 37.0.